The molecule has 140 valence electrons. The number of alkyl halides is 3. The zero-order chi connectivity index (χ0) is 19.1. The molecule has 2 aromatic heterocycles. The first-order valence-electron chi connectivity index (χ1n) is 8.17. The summed E-state index contributed by atoms with van der Waals surface area (Å²) in [6, 6.07) is 2.15. The van der Waals surface area contributed by atoms with E-state index in [1.165, 1.54) is 4.90 Å². The number of carbonyl (C=O) groups excluding carboxylic acids is 1. The first-order chi connectivity index (χ1) is 12.2. The summed E-state index contributed by atoms with van der Waals surface area (Å²) in [4.78, 5) is 25.3. The number of halogens is 3. The van der Waals surface area contributed by atoms with E-state index in [0.29, 0.717) is 17.8 Å². The molecule has 3 rings (SSSR count). The molecule has 0 unspecified atom stereocenters. The van der Waals surface area contributed by atoms with Gasteiger partial charge in [0.05, 0.1) is 11.8 Å². The van der Waals surface area contributed by atoms with Gasteiger partial charge in [0.1, 0.15) is 0 Å². The predicted molar refractivity (Wildman–Crippen MR) is 85.8 cm³/mol. The topological polar surface area (TPSA) is 83.9 Å². The van der Waals surface area contributed by atoms with Gasteiger partial charge in [0, 0.05) is 19.2 Å². The van der Waals surface area contributed by atoms with E-state index in [1.807, 2.05) is 13.8 Å². The molecule has 2 aromatic rings. The molecule has 26 heavy (non-hydrogen) atoms. The molecule has 2 atom stereocenters. The molecule has 0 spiro atoms. The summed E-state index contributed by atoms with van der Waals surface area (Å²) >= 11 is 0. The maximum atomic E-state index is 13.7. The van der Waals surface area contributed by atoms with Crippen LogP contribution in [0.25, 0.3) is 5.82 Å². The van der Waals surface area contributed by atoms with Gasteiger partial charge in [0.15, 0.2) is 11.5 Å². The molecular formula is C16H18F3N5O2. The van der Waals surface area contributed by atoms with Gasteiger partial charge in [-0.05, 0) is 24.3 Å². The molecule has 0 saturated carbocycles. The van der Waals surface area contributed by atoms with Crippen LogP contribution in [0.15, 0.2) is 23.1 Å². The van der Waals surface area contributed by atoms with Crippen LogP contribution in [0.4, 0.5) is 13.2 Å². The number of nitrogens with one attached hydrogen (secondary N) is 1. The van der Waals surface area contributed by atoms with Gasteiger partial charge < -0.3 is 4.90 Å². The Labute approximate surface area is 146 Å². The Kier molecular flexibility index (Phi) is 4.59. The fourth-order valence-corrected chi connectivity index (χ4v) is 3.41. The van der Waals surface area contributed by atoms with Gasteiger partial charge in [0.25, 0.3) is 11.5 Å². The fourth-order valence-electron chi connectivity index (χ4n) is 3.41. The Morgan fingerprint density at radius 3 is 2.42 bits per heavy atom. The first kappa shape index (κ1) is 18.2. The van der Waals surface area contributed by atoms with Gasteiger partial charge in [-0.15, -0.1) is 0 Å². The van der Waals surface area contributed by atoms with Crippen molar-refractivity contribution in [2.75, 3.05) is 13.1 Å². The highest BCUT2D eigenvalue weighted by Gasteiger charge is 2.42. The number of aromatic nitrogens is 4. The highest BCUT2D eigenvalue weighted by Crippen LogP contribution is 2.34. The van der Waals surface area contributed by atoms with Crippen LogP contribution in [-0.4, -0.2) is 43.9 Å². The average molecular weight is 369 g/mol. The third kappa shape index (κ3) is 3.49. The van der Waals surface area contributed by atoms with Crippen molar-refractivity contribution < 1.29 is 18.0 Å². The van der Waals surface area contributed by atoms with Gasteiger partial charge in [-0.2, -0.15) is 23.4 Å². The van der Waals surface area contributed by atoms with Crippen LogP contribution < -0.4 is 5.56 Å². The SMILES string of the molecule is C[C@@H]1C[C@H](C)CN(C(=O)c2cnn(-c3ccc(=O)[nH]n3)c2C(F)(F)F)C1. The third-order valence-corrected chi connectivity index (χ3v) is 4.31. The standard InChI is InChI=1S/C16H18F3N5O2/c1-9-5-10(2)8-23(7-9)15(26)11-6-20-24(14(11)16(17,18)19)12-3-4-13(25)22-21-12/h3-4,6,9-10H,5,7-8H2,1-2H3,(H,22,25)/t9-,10+. The Hall–Kier alpha value is -2.65. The van der Waals surface area contributed by atoms with Crippen LogP contribution in [0.3, 0.4) is 0 Å². The number of likely N-dealkylation sites (tertiary alicyclic amines) is 1. The van der Waals surface area contributed by atoms with Crippen LogP contribution in [0, 0.1) is 11.8 Å². The number of nitrogens with zero attached hydrogens (tertiary/aromatic N) is 4. The van der Waals surface area contributed by atoms with Crippen molar-refractivity contribution in [1.82, 2.24) is 24.9 Å². The molecule has 0 aromatic carbocycles. The van der Waals surface area contributed by atoms with Crippen LogP contribution in [0.1, 0.15) is 36.3 Å². The fraction of sp³-hybridized carbons (Fsp3) is 0.500. The predicted octanol–water partition coefficient (Wildman–Crippen LogP) is 2.09. The van der Waals surface area contributed by atoms with Crippen LogP contribution in [0.2, 0.25) is 0 Å². The van der Waals surface area contributed by atoms with E-state index in [4.69, 9.17) is 0 Å². The molecule has 10 heteroatoms. The first-order valence-corrected chi connectivity index (χ1v) is 8.17. The van der Waals surface area contributed by atoms with E-state index >= 15 is 0 Å². The molecule has 1 fully saturated rings. The number of rotatable bonds is 2. The Morgan fingerprint density at radius 1 is 1.23 bits per heavy atom. The minimum atomic E-state index is -4.81. The van der Waals surface area contributed by atoms with Crippen molar-refractivity contribution >= 4 is 5.91 Å². The number of H-pyrrole nitrogens is 1. The second-order valence-electron chi connectivity index (χ2n) is 6.75. The molecule has 0 bridgehead atoms. The number of hydrogen-bond donors (Lipinski definition) is 1. The highest BCUT2D eigenvalue weighted by molar-refractivity contribution is 5.95. The lowest BCUT2D eigenvalue weighted by Crippen LogP contribution is -2.43. The van der Waals surface area contributed by atoms with Crippen molar-refractivity contribution in [3.63, 3.8) is 0 Å². The van der Waals surface area contributed by atoms with Gasteiger partial charge in [-0.3, -0.25) is 9.59 Å². The van der Waals surface area contributed by atoms with Gasteiger partial charge >= 0.3 is 6.18 Å². The monoisotopic (exact) mass is 369 g/mol. The van der Waals surface area contributed by atoms with Gasteiger partial charge in [-0.25, -0.2) is 9.78 Å². The largest absolute Gasteiger partial charge is 0.434 e. The van der Waals surface area contributed by atoms with Crippen LogP contribution in [-0.2, 0) is 6.18 Å². The average Bonchev–Trinajstić information content (AvgIpc) is 2.99. The molecule has 0 radical (unpaired) electrons. The molecule has 1 saturated heterocycles. The van der Waals surface area contributed by atoms with Crippen molar-refractivity contribution in [3.8, 4) is 5.82 Å². The van der Waals surface area contributed by atoms with Crippen molar-refractivity contribution in [1.29, 1.82) is 0 Å². The van der Waals surface area contributed by atoms with E-state index < -0.39 is 28.9 Å². The zero-order valence-electron chi connectivity index (χ0n) is 14.2. The summed E-state index contributed by atoms with van der Waals surface area (Å²) in [7, 11) is 0. The molecule has 1 amide bonds. The van der Waals surface area contributed by atoms with Crippen molar-refractivity contribution in [2.45, 2.75) is 26.4 Å². The number of hydrogen-bond acceptors (Lipinski definition) is 4. The highest BCUT2D eigenvalue weighted by atomic mass is 19.4. The summed E-state index contributed by atoms with van der Waals surface area (Å²) in [5, 5.41) is 9.33. The van der Waals surface area contributed by atoms with Gasteiger partial charge in [0.2, 0.25) is 0 Å². The third-order valence-electron chi connectivity index (χ3n) is 4.31. The Morgan fingerprint density at radius 2 is 1.88 bits per heavy atom. The summed E-state index contributed by atoms with van der Waals surface area (Å²) in [5.74, 6) is -0.497. The molecule has 7 nitrogen and oxygen atoms in total. The lowest BCUT2D eigenvalue weighted by Gasteiger charge is -2.35. The second-order valence-corrected chi connectivity index (χ2v) is 6.75. The smallest absolute Gasteiger partial charge is 0.338 e. The molecule has 1 N–H and O–H groups in total. The second kappa shape index (κ2) is 6.58. The normalized spacial score (nSPS) is 21.0. The molecule has 3 heterocycles. The van der Waals surface area contributed by atoms with Crippen molar-refractivity contribution in [3.05, 3.63) is 39.9 Å². The lowest BCUT2D eigenvalue weighted by atomic mass is 9.91. The quantitative estimate of drug-likeness (QED) is 0.879. The number of amides is 1. The molecule has 1 aliphatic rings. The van der Waals surface area contributed by atoms with E-state index in [1.54, 1.807) is 0 Å². The zero-order valence-corrected chi connectivity index (χ0v) is 14.2. The van der Waals surface area contributed by atoms with Crippen molar-refractivity contribution in [2.24, 2.45) is 11.8 Å². The van der Waals surface area contributed by atoms with E-state index in [-0.39, 0.29) is 17.7 Å². The number of piperidine rings is 1. The Balaban J connectivity index is 2.03. The van der Waals surface area contributed by atoms with E-state index in [0.717, 1.165) is 24.8 Å². The minimum Gasteiger partial charge on any atom is -0.338 e. The maximum absolute atomic E-state index is 13.7. The summed E-state index contributed by atoms with van der Waals surface area (Å²) in [6.07, 6.45) is -2.98. The van der Waals surface area contributed by atoms with E-state index in [9.17, 15) is 22.8 Å². The van der Waals surface area contributed by atoms with Gasteiger partial charge in [-0.1, -0.05) is 13.8 Å². The number of carbonyl (C=O) groups is 1. The maximum Gasteiger partial charge on any atom is 0.434 e. The number of aromatic amines is 1. The summed E-state index contributed by atoms with van der Waals surface area (Å²) in [5.41, 5.74) is -2.28. The summed E-state index contributed by atoms with van der Waals surface area (Å²) in [6.45, 7) is 4.74. The Bertz CT molecular complexity index is 843. The minimum absolute atomic E-state index is 0.216. The summed E-state index contributed by atoms with van der Waals surface area (Å²) < 4.78 is 41.5. The molecule has 1 aliphatic heterocycles. The molecular weight excluding hydrogens is 351 g/mol. The van der Waals surface area contributed by atoms with Crippen LogP contribution in [0.5, 0.6) is 0 Å². The molecule has 0 aliphatic carbocycles. The van der Waals surface area contributed by atoms with Crippen LogP contribution >= 0.6 is 0 Å². The lowest BCUT2D eigenvalue weighted by molar-refractivity contribution is -0.143. The van der Waals surface area contributed by atoms with E-state index in [2.05, 4.69) is 15.3 Å².